The number of imide groups is 1. The van der Waals surface area contributed by atoms with E-state index in [4.69, 9.17) is 12.2 Å². The lowest BCUT2D eigenvalue weighted by molar-refractivity contribution is -0.121. The maximum Gasteiger partial charge on any atom is 0.261 e. The fourth-order valence-corrected chi connectivity index (χ4v) is 2.89. The predicted octanol–water partition coefficient (Wildman–Crippen LogP) is 2.22. The van der Waals surface area contributed by atoms with Crippen molar-refractivity contribution < 1.29 is 18.8 Å². The standard InChI is InChI=1S/C19H17FN4O3S/c20-12-7-9-13(10-8-12)21-19(28)23-22-16(25)6-3-11-24-17(26)14-4-1-2-5-15(14)18(24)27/h1-2,4-5,7-10H,3,6,11H2,(H,22,25)(H2,21,23,28). The van der Waals surface area contributed by atoms with Crippen LogP contribution in [-0.2, 0) is 4.79 Å². The van der Waals surface area contributed by atoms with Crippen LogP contribution >= 0.6 is 12.2 Å². The minimum Gasteiger partial charge on any atom is -0.331 e. The van der Waals surface area contributed by atoms with Gasteiger partial charge in [-0.15, -0.1) is 0 Å². The van der Waals surface area contributed by atoms with Gasteiger partial charge in [-0.2, -0.15) is 0 Å². The molecule has 0 saturated heterocycles. The van der Waals surface area contributed by atoms with E-state index in [-0.39, 0.29) is 41.6 Å². The molecule has 2 aromatic carbocycles. The number of hydrogen-bond donors (Lipinski definition) is 3. The van der Waals surface area contributed by atoms with Crippen molar-refractivity contribution in [3.05, 3.63) is 65.5 Å². The molecule has 28 heavy (non-hydrogen) atoms. The van der Waals surface area contributed by atoms with Gasteiger partial charge < -0.3 is 5.32 Å². The van der Waals surface area contributed by atoms with Gasteiger partial charge in [-0.25, -0.2) is 4.39 Å². The summed E-state index contributed by atoms with van der Waals surface area (Å²) < 4.78 is 12.9. The topological polar surface area (TPSA) is 90.5 Å². The number of carbonyl (C=O) groups excluding carboxylic acids is 3. The van der Waals surface area contributed by atoms with E-state index in [0.29, 0.717) is 23.2 Å². The lowest BCUT2D eigenvalue weighted by Crippen LogP contribution is -2.44. The van der Waals surface area contributed by atoms with Crippen molar-refractivity contribution >= 4 is 40.7 Å². The van der Waals surface area contributed by atoms with E-state index in [1.807, 2.05) is 0 Å². The zero-order chi connectivity index (χ0) is 20.1. The molecule has 9 heteroatoms. The third-order valence-corrected chi connectivity index (χ3v) is 4.29. The van der Waals surface area contributed by atoms with E-state index in [2.05, 4.69) is 16.2 Å². The van der Waals surface area contributed by atoms with Crippen LogP contribution in [-0.4, -0.2) is 34.3 Å². The average molecular weight is 400 g/mol. The van der Waals surface area contributed by atoms with Crippen LogP contribution in [0, 0.1) is 5.82 Å². The summed E-state index contributed by atoms with van der Waals surface area (Å²) >= 11 is 5.03. The highest BCUT2D eigenvalue weighted by Gasteiger charge is 2.34. The van der Waals surface area contributed by atoms with Crippen molar-refractivity contribution in [3.8, 4) is 0 Å². The summed E-state index contributed by atoms with van der Waals surface area (Å²) in [6, 6.07) is 12.2. The Bertz CT molecular complexity index is 898. The molecule has 0 saturated carbocycles. The number of rotatable bonds is 5. The molecule has 7 nitrogen and oxygen atoms in total. The number of hydrazine groups is 1. The molecular formula is C19H17FN4O3S. The van der Waals surface area contributed by atoms with Gasteiger partial charge in [0, 0.05) is 18.7 Å². The van der Waals surface area contributed by atoms with Crippen LogP contribution in [0.1, 0.15) is 33.6 Å². The molecular weight excluding hydrogens is 383 g/mol. The van der Waals surface area contributed by atoms with E-state index in [1.54, 1.807) is 24.3 Å². The lowest BCUT2D eigenvalue weighted by atomic mass is 10.1. The molecule has 0 atom stereocenters. The van der Waals surface area contributed by atoms with Crippen LogP contribution in [0.4, 0.5) is 10.1 Å². The number of thiocarbonyl (C=S) groups is 1. The van der Waals surface area contributed by atoms with Crippen molar-refractivity contribution in [2.75, 3.05) is 11.9 Å². The molecule has 0 spiro atoms. The molecule has 3 N–H and O–H groups in total. The summed E-state index contributed by atoms with van der Waals surface area (Å²) in [6.45, 7) is 0.151. The van der Waals surface area contributed by atoms with Gasteiger partial charge in [-0.1, -0.05) is 12.1 Å². The molecule has 1 aliphatic heterocycles. The largest absolute Gasteiger partial charge is 0.331 e. The summed E-state index contributed by atoms with van der Waals surface area (Å²) in [5, 5.41) is 2.93. The summed E-state index contributed by atoms with van der Waals surface area (Å²) in [5.41, 5.74) is 6.30. The third-order valence-electron chi connectivity index (χ3n) is 4.08. The predicted molar refractivity (Wildman–Crippen MR) is 105 cm³/mol. The van der Waals surface area contributed by atoms with Crippen molar-refractivity contribution in [2.45, 2.75) is 12.8 Å². The fraction of sp³-hybridized carbons (Fsp3) is 0.158. The van der Waals surface area contributed by atoms with Gasteiger partial charge in [0.2, 0.25) is 5.91 Å². The van der Waals surface area contributed by atoms with Gasteiger partial charge in [0.1, 0.15) is 5.82 Å². The van der Waals surface area contributed by atoms with E-state index in [0.717, 1.165) is 4.90 Å². The van der Waals surface area contributed by atoms with Crippen molar-refractivity contribution in [3.63, 3.8) is 0 Å². The maximum absolute atomic E-state index is 12.9. The number of anilines is 1. The molecule has 0 bridgehead atoms. The Kier molecular flexibility index (Phi) is 5.95. The molecule has 2 aromatic rings. The lowest BCUT2D eigenvalue weighted by Gasteiger charge is -2.14. The average Bonchev–Trinajstić information content (AvgIpc) is 2.93. The number of nitrogens with one attached hydrogen (secondary N) is 3. The Morgan fingerprint density at radius 1 is 0.964 bits per heavy atom. The Labute approximate surface area is 165 Å². The van der Waals surface area contributed by atoms with Crippen molar-refractivity contribution in [2.24, 2.45) is 0 Å². The zero-order valence-electron chi connectivity index (χ0n) is 14.7. The maximum atomic E-state index is 12.9. The summed E-state index contributed by atoms with van der Waals surface area (Å²) in [4.78, 5) is 37.5. The van der Waals surface area contributed by atoms with Gasteiger partial charge in [0.25, 0.3) is 11.8 Å². The zero-order valence-corrected chi connectivity index (χ0v) is 15.5. The Hall–Kier alpha value is -3.33. The van der Waals surface area contributed by atoms with Gasteiger partial charge in [-0.3, -0.25) is 30.1 Å². The minimum atomic E-state index is -0.365. The second-order valence-electron chi connectivity index (χ2n) is 6.05. The number of hydrogen-bond acceptors (Lipinski definition) is 4. The minimum absolute atomic E-state index is 0.0968. The van der Waals surface area contributed by atoms with Crippen LogP contribution in [0.25, 0.3) is 0 Å². The molecule has 144 valence electrons. The highest BCUT2D eigenvalue weighted by Crippen LogP contribution is 2.22. The van der Waals surface area contributed by atoms with Crippen molar-refractivity contribution in [1.29, 1.82) is 0 Å². The quantitative estimate of drug-likeness (QED) is 0.405. The van der Waals surface area contributed by atoms with E-state index < -0.39 is 0 Å². The Morgan fingerprint density at radius 3 is 2.18 bits per heavy atom. The summed E-state index contributed by atoms with van der Waals surface area (Å²) in [7, 11) is 0. The molecule has 0 aromatic heterocycles. The molecule has 3 rings (SSSR count). The molecule has 3 amide bonds. The molecule has 0 fully saturated rings. The normalized spacial score (nSPS) is 12.5. The van der Waals surface area contributed by atoms with E-state index in [1.165, 1.54) is 24.3 Å². The highest BCUT2D eigenvalue weighted by atomic mass is 32.1. The molecule has 1 heterocycles. The van der Waals surface area contributed by atoms with E-state index >= 15 is 0 Å². The first-order valence-electron chi connectivity index (χ1n) is 8.52. The van der Waals surface area contributed by atoms with Crippen molar-refractivity contribution in [1.82, 2.24) is 15.8 Å². The third kappa shape index (κ3) is 4.49. The Morgan fingerprint density at radius 2 is 1.57 bits per heavy atom. The van der Waals surface area contributed by atoms with Gasteiger partial charge in [0.15, 0.2) is 5.11 Å². The molecule has 0 radical (unpaired) electrons. The van der Waals surface area contributed by atoms with Crippen LogP contribution < -0.4 is 16.2 Å². The van der Waals surface area contributed by atoms with Crippen LogP contribution in [0.15, 0.2) is 48.5 Å². The second-order valence-corrected chi connectivity index (χ2v) is 6.45. The van der Waals surface area contributed by atoms with Crippen LogP contribution in [0.3, 0.4) is 0 Å². The molecule has 0 aliphatic carbocycles. The number of fused-ring (bicyclic) bond motifs is 1. The van der Waals surface area contributed by atoms with E-state index in [9.17, 15) is 18.8 Å². The SMILES string of the molecule is O=C(CCCN1C(=O)c2ccccc2C1=O)NNC(=S)Nc1ccc(F)cc1. The first kappa shape index (κ1) is 19.4. The number of benzene rings is 2. The van der Waals surface area contributed by atoms with Gasteiger partial charge >= 0.3 is 0 Å². The number of nitrogens with zero attached hydrogens (tertiary/aromatic N) is 1. The monoisotopic (exact) mass is 400 g/mol. The van der Waals surface area contributed by atoms with Crippen LogP contribution in [0.5, 0.6) is 0 Å². The van der Waals surface area contributed by atoms with Gasteiger partial charge in [-0.05, 0) is 55.0 Å². The number of carbonyl (C=O) groups is 3. The molecule has 1 aliphatic rings. The number of amides is 3. The van der Waals surface area contributed by atoms with Crippen LogP contribution in [0.2, 0.25) is 0 Å². The summed E-state index contributed by atoms with van der Waals surface area (Å²) in [6.07, 6.45) is 0.413. The summed E-state index contributed by atoms with van der Waals surface area (Å²) in [5.74, 6) is -1.40. The first-order valence-corrected chi connectivity index (χ1v) is 8.93. The highest BCUT2D eigenvalue weighted by molar-refractivity contribution is 7.80. The fourth-order valence-electron chi connectivity index (χ4n) is 2.72. The Balaban J connectivity index is 1.39. The first-order chi connectivity index (χ1) is 13.5. The van der Waals surface area contributed by atoms with Gasteiger partial charge in [0.05, 0.1) is 11.1 Å². The number of halogens is 1. The smallest absolute Gasteiger partial charge is 0.261 e. The second kappa shape index (κ2) is 8.57. The molecule has 0 unspecified atom stereocenters.